The molecule has 0 aliphatic carbocycles. The number of aliphatic hydroxyl groups excluding tert-OH is 1. The maximum Gasteiger partial charge on any atom is 0.225 e. The molecule has 0 bridgehead atoms. The Morgan fingerprint density at radius 2 is 2.38 bits per heavy atom. The summed E-state index contributed by atoms with van der Waals surface area (Å²) in [6.45, 7) is 2.40. The molecule has 2 aromatic rings. The van der Waals surface area contributed by atoms with E-state index in [0.717, 1.165) is 10.2 Å². The number of rotatable bonds is 4. The van der Waals surface area contributed by atoms with Gasteiger partial charge in [0.2, 0.25) is 5.28 Å². The number of nitrogens with one attached hydrogen (secondary N) is 1. The van der Waals surface area contributed by atoms with E-state index in [0.29, 0.717) is 18.8 Å². The van der Waals surface area contributed by atoms with Crippen molar-refractivity contribution in [2.45, 2.75) is 19.4 Å². The second kappa shape index (κ2) is 4.95. The average Bonchev–Trinajstić information content (AvgIpc) is 2.73. The van der Waals surface area contributed by atoms with Gasteiger partial charge in [0.25, 0.3) is 0 Å². The Kier molecular flexibility index (Phi) is 3.58. The maximum atomic E-state index is 9.47. The molecule has 2 rings (SSSR count). The SMILES string of the molecule is CCC(O)CNc1nc(Cl)nc2sccc12. The summed E-state index contributed by atoms with van der Waals surface area (Å²) in [4.78, 5) is 9.09. The Bertz CT molecular complexity index is 488. The largest absolute Gasteiger partial charge is 0.391 e. The van der Waals surface area contributed by atoms with Crippen LogP contribution in [0.5, 0.6) is 0 Å². The van der Waals surface area contributed by atoms with Gasteiger partial charge < -0.3 is 10.4 Å². The Morgan fingerprint density at radius 3 is 3.12 bits per heavy atom. The van der Waals surface area contributed by atoms with Gasteiger partial charge in [0.1, 0.15) is 10.6 Å². The van der Waals surface area contributed by atoms with Crippen molar-refractivity contribution in [1.29, 1.82) is 0 Å². The van der Waals surface area contributed by atoms with Crippen LogP contribution in [-0.2, 0) is 0 Å². The van der Waals surface area contributed by atoms with E-state index in [-0.39, 0.29) is 11.4 Å². The lowest BCUT2D eigenvalue weighted by Gasteiger charge is -2.10. The normalized spacial score (nSPS) is 12.9. The van der Waals surface area contributed by atoms with Gasteiger partial charge in [0, 0.05) is 6.54 Å². The van der Waals surface area contributed by atoms with Gasteiger partial charge in [-0.05, 0) is 29.5 Å². The Labute approximate surface area is 102 Å². The van der Waals surface area contributed by atoms with E-state index in [9.17, 15) is 5.11 Å². The van der Waals surface area contributed by atoms with E-state index in [1.807, 2.05) is 18.4 Å². The zero-order valence-corrected chi connectivity index (χ0v) is 10.3. The van der Waals surface area contributed by atoms with Crippen LogP contribution in [0.1, 0.15) is 13.3 Å². The lowest BCUT2D eigenvalue weighted by molar-refractivity contribution is 0.183. The highest BCUT2D eigenvalue weighted by molar-refractivity contribution is 7.16. The number of fused-ring (bicyclic) bond motifs is 1. The first-order chi connectivity index (χ1) is 7.70. The molecule has 2 N–H and O–H groups in total. The highest BCUT2D eigenvalue weighted by atomic mass is 35.5. The lowest BCUT2D eigenvalue weighted by Crippen LogP contribution is -2.18. The third-order valence-corrected chi connectivity index (χ3v) is 3.25. The molecule has 0 saturated carbocycles. The van der Waals surface area contributed by atoms with Gasteiger partial charge in [-0.25, -0.2) is 9.97 Å². The zero-order chi connectivity index (χ0) is 11.5. The topological polar surface area (TPSA) is 58.0 Å². The predicted molar refractivity (Wildman–Crippen MR) is 67.2 cm³/mol. The number of aliphatic hydroxyl groups is 1. The minimum atomic E-state index is -0.373. The second-order valence-electron chi connectivity index (χ2n) is 3.42. The van der Waals surface area contributed by atoms with E-state index < -0.39 is 0 Å². The molecule has 0 aliphatic rings. The van der Waals surface area contributed by atoms with Gasteiger partial charge in [-0.15, -0.1) is 11.3 Å². The van der Waals surface area contributed by atoms with Crippen molar-refractivity contribution in [1.82, 2.24) is 9.97 Å². The van der Waals surface area contributed by atoms with Crippen LogP contribution in [0.25, 0.3) is 10.2 Å². The van der Waals surface area contributed by atoms with Crippen molar-refractivity contribution in [3.8, 4) is 0 Å². The molecule has 0 spiro atoms. The molecule has 2 aromatic heterocycles. The van der Waals surface area contributed by atoms with Crippen LogP contribution in [0.4, 0.5) is 5.82 Å². The van der Waals surface area contributed by atoms with E-state index in [1.165, 1.54) is 11.3 Å². The Morgan fingerprint density at radius 1 is 1.56 bits per heavy atom. The standard InChI is InChI=1S/C10H12ClN3OS/c1-2-6(15)5-12-8-7-3-4-16-9(7)14-10(11)13-8/h3-4,6,15H,2,5H2,1H3,(H,12,13,14). The van der Waals surface area contributed by atoms with E-state index in [2.05, 4.69) is 15.3 Å². The van der Waals surface area contributed by atoms with Gasteiger partial charge in [0.05, 0.1) is 11.5 Å². The summed E-state index contributed by atoms with van der Waals surface area (Å²) in [5, 5.41) is 15.7. The molecule has 86 valence electrons. The Hall–Kier alpha value is -0.910. The summed E-state index contributed by atoms with van der Waals surface area (Å²) < 4.78 is 0. The highest BCUT2D eigenvalue weighted by Gasteiger charge is 2.08. The molecule has 0 aromatic carbocycles. The lowest BCUT2D eigenvalue weighted by atomic mass is 10.3. The van der Waals surface area contributed by atoms with Crippen molar-refractivity contribution < 1.29 is 5.11 Å². The first-order valence-electron chi connectivity index (χ1n) is 5.03. The molecule has 2 heterocycles. The van der Waals surface area contributed by atoms with Crippen LogP contribution >= 0.6 is 22.9 Å². The summed E-state index contributed by atoms with van der Waals surface area (Å²) in [5.74, 6) is 0.684. The summed E-state index contributed by atoms with van der Waals surface area (Å²) in [6, 6.07) is 1.94. The molecule has 4 nitrogen and oxygen atoms in total. The molecule has 16 heavy (non-hydrogen) atoms. The van der Waals surface area contributed by atoms with Crippen LogP contribution in [0.2, 0.25) is 5.28 Å². The third-order valence-electron chi connectivity index (χ3n) is 2.27. The van der Waals surface area contributed by atoms with Gasteiger partial charge in [-0.1, -0.05) is 6.92 Å². The minimum absolute atomic E-state index is 0.225. The van der Waals surface area contributed by atoms with Crippen molar-refractivity contribution in [2.75, 3.05) is 11.9 Å². The van der Waals surface area contributed by atoms with Crippen molar-refractivity contribution in [2.24, 2.45) is 0 Å². The fourth-order valence-corrected chi connectivity index (χ4v) is 2.31. The fraction of sp³-hybridized carbons (Fsp3) is 0.400. The number of hydrogen-bond donors (Lipinski definition) is 2. The quantitative estimate of drug-likeness (QED) is 0.827. The van der Waals surface area contributed by atoms with E-state index in [4.69, 9.17) is 11.6 Å². The van der Waals surface area contributed by atoms with Crippen LogP contribution in [-0.4, -0.2) is 27.7 Å². The van der Waals surface area contributed by atoms with Gasteiger partial charge >= 0.3 is 0 Å². The monoisotopic (exact) mass is 257 g/mol. The number of aromatic nitrogens is 2. The summed E-state index contributed by atoms with van der Waals surface area (Å²) in [7, 11) is 0. The molecule has 6 heteroatoms. The second-order valence-corrected chi connectivity index (χ2v) is 4.66. The molecule has 0 radical (unpaired) electrons. The molecule has 0 fully saturated rings. The predicted octanol–water partition coefficient (Wildman–Crippen LogP) is 2.53. The summed E-state index contributed by atoms with van der Waals surface area (Å²) in [6.07, 6.45) is 0.334. The number of nitrogens with zero attached hydrogens (tertiary/aromatic N) is 2. The van der Waals surface area contributed by atoms with Gasteiger partial charge in [-0.3, -0.25) is 0 Å². The van der Waals surface area contributed by atoms with E-state index >= 15 is 0 Å². The summed E-state index contributed by atoms with van der Waals surface area (Å²) in [5.41, 5.74) is 0. The molecular weight excluding hydrogens is 246 g/mol. The molecule has 0 amide bonds. The zero-order valence-electron chi connectivity index (χ0n) is 8.77. The van der Waals surface area contributed by atoms with Crippen LogP contribution in [0.15, 0.2) is 11.4 Å². The number of halogens is 1. The van der Waals surface area contributed by atoms with Gasteiger partial charge in [-0.2, -0.15) is 0 Å². The van der Waals surface area contributed by atoms with Gasteiger partial charge in [0.15, 0.2) is 0 Å². The number of hydrogen-bond acceptors (Lipinski definition) is 5. The van der Waals surface area contributed by atoms with Crippen LogP contribution < -0.4 is 5.32 Å². The maximum absolute atomic E-state index is 9.47. The van der Waals surface area contributed by atoms with Crippen molar-refractivity contribution in [3.63, 3.8) is 0 Å². The highest BCUT2D eigenvalue weighted by Crippen LogP contribution is 2.26. The molecule has 0 aliphatic heterocycles. The first-order valence-corrected chi connectivity index (χ1v) is 6.29. The molecular formula is C10H12ClN3OS. The fourth-order valence-electron chi connectivity index (χ4n) is 1.32. The van der Waals surface area contributed by atoms with Crippen LogP contribution in [0, 0.1) is 0 Å². The molecule has 1 atom stereocenters. The molecule has 1 unspecified atom stereocenters. The average molecular weight is 258 g/mol. The number of thiophene rings is 1. The van der Waals surface area contributed by atoms with Crippen LogP contribution in [0.3, 0.4) is 0 Å². The third kappa shape index (κ3) is 2.42. The van der Waals surface area contributed by atoms with Crippen molar-refractivity contribution >= 4 is 39.0 Å². The molecule has 0 saturated heterocycles. The number of anilines is 1. The Balaban J connectivity index is 2.25. The van der Waals surface area contributed by atoms with E-state index in [1.54, 1.807) is 0 Å². The smallest absolute Gasteiger partial charge is 0.225 e. The first kappa shape index (κ1) is 11.6. The summed E-state index contributed by atoms with van der Waals surface area (Å²) >= 11 is 7.33. The minimum Gasteiger partial charge on any atom is -0.391 e. The van der Waals surface area contributed by atoms with Crippen molar-refractivity contribution in [3.05, 3.63) is 16.7 Å².